The van der Waals surface area contributed by atoms with Gasteiger partial charge in [0.2, 0.25) is 0 Å². The Labute approximate surface area is 212 Å². The van der Waals surface area contributed by atoms with E-state index in [1.165, 1.54) is 16.7 Å². The standard InChI is InChI=1S/C27H25ClN6O2/c1-3-24-31-25-20(28)12-16(2)29-26(25)34(24)14-17-8-11-22-19(13-17)10-9-18-6-4-5-7-21(18)33(22)15-23-30-27(35)36-32-23/h4-8,11-13H,3,9-10,14-15H2,1-2H3,(H,30,32,35). The Bertz CT molecular complexity index is 1650. The smallest absolute Gasteiger partial charge is 0.333 e. The number of hydrogen-bond donors (Lipinski definition) is 1. The number of benzene rings is 2. The molecule has 4 heterocycles. The fourth-order valence-corrected chi connectivity index (χ4v) is 5.35. The number of H-pyrrole nitrogens is 1. The van der Waals surface area contributed by atoms with Gasteiger partial charge in [-0.3, -0.25) is 9.51 Å². The summed E-state index contributed by atoms with van der Waals surface area (Å²) in [6.45, 7) is 5.11. The molecule has 0 atom stereocenters. The summed E-state index contributed by atoms with van der Waals surface area (Å²) in [6, 6.07) is 16.8. The van der Waals surface area contributed by atoms with E-state index >= 15 is 0 Å². The van der Waals surface area contributed by atoms with E-state index in [-0.39, 0.29) is 0 Å². The lowest BCUT2D eigenvalue weighted by Gasteiger charge is -2.26. The number of nitrogens with one attached hydrogen (secondary N) is 1. The van der Waals surface area contributed by atoms with Crippen LogP contribution < -0.4 is 10.7 Å². The van der Waals surface area contributed by atoms with Crippen LogP contribution in [0.3, 0.4) is 0 Å². The van der Waals surface area contributed by atoms with Gasteiger partial charge in [0, 0.05) is 23.5 Å². The minimum Gasteiger partial charge on any atom is -0.333 e. The van der Waals surface area contributed by atoms with Gasteiger partial charge >= 0.3 is 5.76 Å². The van der Waals surface area contributed by atoms with Crippen LogP contribution in [0.5, 0.6) is 0 Å². The lowest BCUT2D eigenvalue weighted by Crippen LogP contribution is -2.19. The van der Waals surface area contributed by atoms with E-state index < -0.39 is 5.76 Å². The lowest BCUT2D eigenvalue weighted by molar-refractivity contribution is 0.381. The van der Waals surface area contributed by atoms with Gasteiger partial charge in [0.25, 0.3) is 0 Å². The van der Waals surface area contributed by atoms with Crippen LogP contribution in [-0.4, -0.2) is 24.7 Å². The van der Waals surface area contributed by atoms with Gasteiger partial charge in [-0.15, -0.1) is 0 Å². The van der Waals surface area contributed by atoms with Crippen molar-refractivity contribution in [2.24, 2.45) is 0 Å². The zero-order chi connectivity index (χ0) is 24.8. The minimum atomic E-state index is -0.549. The van der Waals surface area contributed by atoms with Gasteiger partial charge in [-0.05, 0) is 54.7 Å². The Kier molecular flexibility index (Phi) is 5.60. The first-order valence-electron chi connectivity index (χ1n) is 12.0. The Hall–Kier alpha value is -3.91. The molecule has 6 rings (SSSR count). The number of pyridine rings is 1. The van der Waals surface area contributed by atoms with Gasteiger partial charge in [0.1, 0.15) is 11.3 Å². The van der Waals surface area contributed by atoms with E-state index in [1.807, 2.05) is 19.1 Å². The van der Waals surface area contributed by atoms with Crippen LogP contribution in [0.15, 0.2) is 57.8 Å². The zero-order valence-electron chi connectivity index (χ0n) is 20.1. The number of hydrogen-bond acceptors (Lipinski definition) is 6. The molecule has 36 heavy (non-hydrogen) atoms. The van der Waals surface area contributed by atoms with Crippen molar-refractivity contribution in [2.45, 2.75) is 46.2 Å². The van der Waals surface area contributed by atoms with Crippen molar-refractivity contribution >= 4 is 34.1 Å². The molecular weight excluding hydrogens is 476 g/mol. The largest absolute Gasteiger partial charge is 0.438 e. The second kappa shape index (κ2) is 8.95. The van der Waals surface area contributed by atoms with Crippen LogP contribution >= 0.6 is 11.6 Å². The Morgan fingerprint density at radius 3 is 2.64 bits per heavy atom. The van der Waals surface area contributed by atoms with Gasteiger partial charge in [0.05, 0.1) is 18.1 Å². The summed E-state index contributed by atoms with van der Waals surface area (Å²) < 4.78 is 6.92. The summed E-state index contributed by atoms with van der Waals surface area (Å²) in [5.74, 6) is 0.901. The van der Waals surface area contributed by atoms with Crippen LogP contribution in [0, 0.1) is 6.92 Å². The average Bonchev–Trinajstić information content (AvgIpc) is 3.40. The summed E-state index contributed by atoms with van der Waals surface area (Å²) in [5.41, 5.74) is 8.30. The van der Waals surface area contributed by atoms with Crippen molar-refractivity contribution in [1.82, 2.24) is 24.7 Å². The highest BCUT2D eigenvalue weighted by Gasteiger charge is 2.23. The molecule has 0 aliphatic carbocycles. The van der Waals surface area contributed by atoms with E-state index in [1.54, 1.807) is 0 Å². The molecule has 0 amide bonds. The quantitative estimate of drug-likeness (QED) is 0.360. The average molecular weight is 501 g/mol. The molecule has 182 valence electrons. The molecule has 0 saturated carbocycles. The number of halogens is 1. The Morgan fingerprint density at radius 1 is 1.03 bits per heavy atom. The molecule has 5 aromatic rings. The molecule has 0 spiro atoms. The molecule has 0 fully saturated rings. The predicted octanol–water partition coefficient (Wildman–Crippen LogP) is 5.12. The number of aryl methyl sites for hydroxylation is 4. The van der Waals surface area contributed by atoms with Gasteiger partial charge in [-0.2, -0.15) is 0 Å². The third-order valence-corrected chi connectivity index (χ3v) is 6.98. The van der Waals surface area contributed by atoms with Gasteiger partial charge in [-0.25, -0.2) is 14.8 Å². The van der Waals surface area contributed by atoms with Crippen molar-refractivity contribution in [3.05, 3.63) is 98.1 Å². The highest BCUT2D eigenvalue weighted by Crippen LogP contribution is 2.37. The maximum Gasteiger partial charge on any atom is 0.438 e. The first-order valence-corrected chi connectivity index (χ1v) is 12.4. The van der Waals surface area contributed by atoms with E-state index in [9.17, 15) is 4.79 Å². The summed E-state index contributed by atoms with van der Waals surface area (Å²) >= 11 is 6.49. The molecule has 3 aromatic heterocycles. The Balaban J connectivity index is 1.41. The molecule has 0 unspecified atom stereocenters. The summed E-state index contributed by atoms with van der Waals surface area (Å²) in [6.07, 6.45) is 2.61. The molecule has 0 bridgehead atoms. The fourth-order valence-electron chi connectivity index (χ4n) is 5.07. The van der Waals surface area contributed by atoms with Crippen molar-refractivity contribution < 1.29 is 4.52 Å². The summed E-state index contributed by atoms with van der Waals surface area (Å²) in [5, 5.41) is 4.53. The van der Waals surface area contributed by atoms with Crippen LogP contribution in [0.2, 0.25) is 5.02 Å². The molecule has 0 radical (unpaired) electrons. The van der Waals surface area contributed by atoms with E-state index in [4.69, 9.17) is 26.1 Å². The van der Waals surface area contributed by atoms with Gasteiger partial charge < -0.3 is 9.47 Å². The van der Waals surface area contributed by atoms with E-state index in [2.05, 4.69) is 62.9 Å². The van der Waals surface area contributed by atoms with Crippen LogP contribution in [0.25, 0.3) is 11.2 Å². The first kappa shape index (κ1) is 22.5. The third kappa shape index (κ3) is 3.97. The van der Waals surface area contributed by atoms with E-state index in [0.29, 0.717) is 23.9 Å². The van der Waals surface area contributed by atoms with Crippen molar-refractivity contribution in [2.75, 3.05) is 4.90 Å². The van der Waals surface area contributed by atoms with E-state index in [0.717, 1.165) is 53.3 Å². The number of fused-ring (bicyclic) bond motifs is 3. The molecule has 1 aliphatic heterocycles. The fraction of sp³-hybridized carbons (Fsp3) is 0.259. The van der Waals surface area contributed by atoms with Crippen molar-refractivity contribution in [3.8, 4) is 0 Å². The zero-order valence-corrected chi connectivity index (χ0v) is 20.8. The number of aromatic amines is 1. The first-order chi connectivity index (χ1) is 17.5. The SMILES string of the molecule is CCc1nc2c(Cl)cc(C)nc2n1Cc1ccc2c(c1)CCc1ccccc1N2Cc1noc(=O)[nH]1. The van der Waals surface area contributed by atoms with Crippen LogP contribution in [0.1, 0.15) is 41.0 Å². The number of para-hydroxylation sites is 1. The van der Waals surface area contributed by atoms with Crippen molar-refractivity contribution in [1.29, 1.82) is 0 Å². The second-order valence-electron chi connectivity index (χ2n) is 9.11. The number of imidazole rings is 1. The number of anilines is 2. The molecule has 2 aromatic carbocycles. The predicted molar refractivity (Wildman–Crippen MR) is 139 cm³/mol. The molecule has 1 aliphatic rings. The number of aromatic nitrogens is 5. The summed E-state index contributed by atoms with van der Waals surface area (Å²) in [4.78, 5) is 26.0. The summed E-state index contributed by atoms with van der Waals surface area (Å²) in [7, 11) is 0. The molecule has 0 saturated heterocycles. The van der Waals surface area contributed by atoms with Gasteiger partial charge in [0.15, 0.2) is 11.5 Å². The molecule has 1 N–H and O–H groups in total. The normalized spacial score (nSPS) is 13.0. The van der Waals surface area contributed by atoms with Crippen LogP contribution in [-0.2, 0) is 32.4 Å². The highest BCUT2D eigenvalue weighted by atomic mass is 35.5. The minimum absolute atomic E-state index is 0.406. The molecule has 9 heteroatoms. The molecular formula is C27H25ClN6O2. The van der Waals surface area contributed by atoms with Gasteiger partial charge in [-0.1, -0.05) is 54.0 Å². The lowest BCUT2D eigenvalue weighted by atomic mass is 10.0. The number of rotatable bonds is 5. The monoisotopic (exact) mass is 500 g/mol. The Morgan fingerprint density at radius 2 is 1.83 bits per heavy atom. The maximum atomic E-state index is 11.6. The second-order valence-corrected chi connectivity index (χ2v) is 9.51. The topological polar surface area (TPSA) is 92.8 Å². The molecule has 8 nitrogen and oxygen atoms in total. The highest BCUT2D eigenvalue weighted by molar-refractivity contribution is 6.34. The van der Waals surface area contributed by atoms with Crippen molar-refractivity contribution in [3.63, 3.8) is 0 Å². The maximum absolute atomic E-state index is 11.6. The third-order valence-electron chi connectivity index (χ3n) is 6.69. The number of nitrogens with zero attached hydrogens (tertiary/aromatic N) is 5. The van der Waals surface area contributed by atoms with Crippen LogP contribution in [0.4, 0.5) is 11.4 Å².